The van der Waals surface area contributed by atoms with E-state index in [1.807, 2.05) is 13.0 Å². The van der Waals surface area contributed by atoms with Crippen LogP contribution in [0.3, 0.4) is 0 Å². The lowest BCUT2D eigenvalue weighted by atomic mass is 10.1. The molecule has 200 valence electrons. The van der Waals surface area contributed by atoms with E-state index in [4.69, 9.17) is 9.84 Å². The average Bonchev–Trinajstić information content (AvgIpc) is 2.91. The fraction of sp³-hybridized carbons (Fsp3) is 0.185. The molecule has 10 nitrogen and oxygen atoms in total. The van der Waals surface area contributed by atoms with Crippen LogP contribution in [0.15, 0.2) is 73.4 Å². The van der Waals surface area contributed by atoms with Crippen LogP contribution in [0.4, 0.5) is 5.69 Å². The maximum absolute atomic E-state index is 13.3. The van der Waals surface area contributed by atoms with Gasteiger partial charge in [-0.3, -0.25) is 14.9 Å². The Kier molecular flexibility index (Phi) is 8.87. The number of ether oxygens (including phenoxy) is 1. The molecular weight excluding hydrogens is 636 g/mol. The highest BCUT2D eigenvalue weighted by Crippen LogP contribution is 2.36. The number of unbranched alkanes of at least 4 members (excludes halogenated alkanes) is 1. The number of carboxylic acids is 1. The molecule has 1 heterocycles. The van der Waals surface area contributed by atoms with Gasteiger partial charge in [-0.15, -0.1) is 0 Å². The molecule has 0 radical (unpaired) electrons. The number of halogens is 2. The molecule has 1 N–H and O–H groups in total. The van der Waals surface area contributed by atoms with Crippen molar-refractivity contribution in [2.24, 2.45) is 5.10 Å². The predicted molar refractivity (Wildman–Crippen MR) is 154 cm³/mol. The van der Waals surface area contributed by atoms with Crippen LogP contribution in [-0.2, 0) is 13.0 Å². The Morgan fingerprint density at radius 3 is 2.59 bits per heavy atom. The van der Waals surface area contributed by atoms with Gasteiger partial charge >= 0.3 is 11.7 Å². The number of nitro groups is 1. The van der Waals surface area contributed by atoms with Crippen molar-refractivity contribution in [3.05, 3.63) is 107 Å². The number of aryl methyl sites for hydroxylation is 1. The molecular formula is C27H22Br2N4O6. The lowest BCUT2D eigenvalue weighted by Crippen LogP contribution is -2.22. The SMILES string of the molecule is CCCCc1nc2ccc(Br)cc2c(=O)n1N=Cc1cc(Br)c(OCc2ccc(C(=O)O)cc2)c([N+](=O)[O-])c1. The van der Waals surface area contributed by atoms with Crippen molar-refractivity contribution in [3.8, 4) is 5.75 Å². The molecule has 4 rings (SSSR count). The first-order chi connectivity index (χ1) is 18.7. The number of carbonyl (C=O) groups is 1. The third kappa shape index (κ3) is 6.58. The van der Waals surface area contributed by atoms with Crippen LogP contribution >= 0.6 is 31.9 Å². The molecule has 1 aromatic heterocycles. The fourth-order valence-electron chi connectivity index (χ4n) is 3.79. The van der Waals surface area contributed by atoms with Crippen LogP contribution in [0.5, 0.6) is 5.75 Å². The number of fused-ring (bicyclic) bond motifs is 1. The highest BCUT2D eigenvalue weighted by Gasteiger charge is 2.21. The number of rotatable bonds is 10. The molecule has 0 unspecified atom stereocenters. The molecule has 0 aliphatic heterocycles. The number of hydrogen-bond donors (Lipinski definition) is 1. The lowest BCUT2D eigenvalue weighted by molar-refractivity contribution is -0.386. The molecule has 3 aromatic carbocycles. The van der Waals surface area contributed by atoms with Gasteiger partial charge in [0.2, 0.25) is 5.75 Å². The fourth-order valence-corrected chi connectivity index (χ4v) is 4.73. The quantitative estimate of drug-likeness (QED) is 0.119. The van der Waals surface area contributed by atoms with Crippen LogP contribution in [0.25, 0.3) is 10.9 Å². The Bertz CT molecular complexity index is 1650. The Balaban J connectivity index is 1.67. The van der Waals surface area contributed by atoms with Crippen LogP contribution in [0.2, 0.25) is 0 Å². The van der Waals surface area contributed by atoms with Crippen molar-refractivity contribution in [1.29, 1.82) is 0 Å². The monoisotopic (exact) mass is 656 g/mol. The second kappa shape index (κ2) is 12.3. The van der Waals surface area contributed by atoms with Crippen molar-refractivity contribution in [3.63, 3.8) is 0 Å². The summed E-state index contributed by atoms with van der Waals surface area (Å²) < 4.78 is 8.01. The lowest BCUT2D eigenvalue weighted by Gasteiger charge is -2.11. The molecule has 4 aromatic rings. The number of carboxylic acid groups (broad SMARTS) is 1. The maximum atomic E-state index is 13.3. The zero-order valence-corrected chi connectivity index (χ0v) is 23.8. The van der Waals surface area contributed by atoms with Gasteiger partial charge in [0.1, 0.15) is 12.4 Å². The van der Waals surface area contributed by atoms with E-state index in [1.54, 1.807) is 30.3 Å². The maximum Gasteiger partial charge on any atom is 0.335 e. The van der Waals surface area contributed by atoms with E-state index in [2.05, 4.69) is 41.9 Å². The van der Waals surface area contributed by atoms with E-state index in [9.17, 15) is 19.7 Å². The molecule has 0 aliphatic rings. The summed E-state index contributed by atoms with van der Waals surface area (Å²) >= 11 is 6.73. The number of nitro benzene ring substituents is 1. The van der Waals surface area contributed by atoms with Crippen LogP contribution in [0.1, 0.15) is 47.1 Å². The number of aromatic nitrogens is 2. The van der Waals surface area contributed by atoms with E-state index >= 15 is 0 Å². The highest BCUT2D eigenvalue weighted by atomic mass is 79.9. The molecule has 0 spiro atoms. The van der Waals surface area contributed by atoms with Gasteiger partial charge in [-0.05, 0) is 64.3 Å². The van der Waals surface area contributed by atoms with Crippen LogP contribution < -0.4 is 10.3 Å². The van der Waals surface area contributed by atoms with Gasteiger partial charge in [0.25, 0.3) is 5.56 Å². The van der Waals surface area contributed by atoms with E-state index in [0.717, 1.165) is 17.3 Å². The van der Waals surface area contributed by atoms with Gasteiger partial charge < -0.3 is 9.84 Å². The van der Waals surface area contributed by atoms with E-state index in [0.29, 0.717) is 38.7 Å². The van der Waals surface area contributed by atoms with Gasteiger partial charge in [-0.25, -0.2) is 9.78 Å². The van der Waals surface area contributed by atoms with E-state index in [-0.39, 0.29) is 29.2 Å². The molecule has 0 amide bonds. The predicted octanol–water partition coefficient (Wildman–Crippen LogP) is 6.33. The third-order valence-corrected chi connectivity index (χ3v) is 6.86. The standard InChI is InChI=1S/C27H22Br2N4O6/c1-2-3-4-24-31-22-10-9-19(28)13-20(22)26(34)32(24)30-14-17-11-21(29)25(23(12-17)33(37)38)39-15-16-5-7-18(8-6-16)27(35)36/h5-14H,2-4,15H2,1H3,(H,35,36). The van der Waals surface area contributed by atoms with Crippen molar-refractivity contribution < 1.29 is 19.6 Å². The van der Waals surface area contributed by atoms with Crippen molar-refractivity contribution in [2.45, 2.75) is 32.8 Å². The third-order valence-electron chi connectivity index (χ3n) is 5.78. The zero-order chi connectivity index (χ0) is 28.1. The largest absolute Gasteiger partial charge is 0.481 e. The minimum Gasteiger partial charge on any atom is -0.481 e. The summed E-state index contributed by atoms with van der Waals surface area (Å²) in [6.07, 6.45) is 3.63. The van der Waals surface area contributed by atoms with Gasteiger partial charge in [-0.1, -0.05) is 41.4 Å². The van der Waals surface area contributed by atoms with Crippen molar-refractivity contribution >= 4 is 60.6 Å². The second-order valence-corrected chi connectivity index (χ2v) is 10.3. The van der Waals surface area contributed by atoms with Gasteiger partial charge in [0.05, 0.1) is 32.1 Å². The molecule has 0 saturated heterocycles. The minimum atomic E-state index is -1.05. The molecule has 0 bridgehead atoms. The Morgan fingerprint density at radius 2 is 1.92 bits per heavy atom. The summed E-state index contributed by atoms with van der Waals surface area (Å²) in [6, 6.07) is 14.2. The number of aromatic carboxylic acids is 1. The first-order valence-corrected chi connectivity index (χ1v) is 13.4. The first-order valence-electron chi connectivity index (χ1n) is 11.9. The summed E-state index contributed by atoms with van der Waals surface area (Å²) in [5.41, 5.74) is 1.06. The van der Waals surface area contributed by atoms with Gasteiger partial charge in [0.15, 0.2) is 0 Å². The number of hydrogen-bond acceptors (Lipinski definition) is 7. The van der Waals surface area contributed by atoms with Crippen LogP contribution in [0, 0.1) is 10.1 Å². The van der Waals surface area contributed by atoms with Crippen LogP contribution in [-0.4, -0.2) is 31.9 Å². The minimum absolute atomic E-state index is 0.0116. The smallest absolute Gasteiger partial charge is 0.335 e. The summed E-state index contributed by atoms with van der Waals surface area (Å²) in [7, 11) is 0. The number of nitrogens with zero attached hydrogens (tertiary/aromatic N) is 4. The molecule has 0 saturated carbocycles. The summed E-state index contributed by atoms with van der Waals surface area (Å²) in [6.45, 7) is 2.02. The van der Waals surface area contributed by atoms with E-state index < -0.39 is 10.9 Å². The normalized spacial score (nSPS) is 11.3. The van der Waals surface area contributed by atoms with Gasteiger partial charge in [0, 0.05) is 22.5 Å². The van der Waals surface area contributed by atoms with Crippen molar-refractivity contribution in [2.75, 3.05) is 0 Å². The molecule has 39 heavy (non-hydrogen) atoms. The number of benzene rings is 3. The Hall–Kier alpha value is -3.90. The molecule has 0 atom stereocenters. The highest BCUT2D eigenvalue weighted by molar-refractivity contribution is 9.10. The zero-order valence-electron chi connectivity index (χ0n) is 20.6. The molecule has 12 heteroatoms. The first kappa shape index (κ1) is 28.1. The molecule has 0 fully saturated rings. The summed E-state index contributed by atoms with van der Waals surface area (Å²) in [5.74, 6) is -0.543. The molecule has 0 aliphatic carbocycles. The second-order valence-electron chi connectivity index (χ2n) is 8.55. The summed E-state index contributed by atoms with van der Waals surface area (Å²) in [5, 5.41) is 25.7. The van der Waals surface area contributed by atoms with Gasteiger partial charge in [-0.2, -0.15) is 9.78 Å². The average molecular weight is 658 g/mol. The van der Waals surface area contributed by atoms with E-state index in [1.165, 1.54) is 29.1 Å². The van der Waals surface area contributed by atoms with Crippen molar-refractivity contribution in [1.82, 2.24) is 9.66 Å². The Morgan fingerprint density at radius 1 is 1.18 bits per heavy atom. The summed E-state index contributed by atoms with van der Waals surface area (Å²) in [4.78, 5) is 40.2. The Labute approximate surface area is 239 Å². The topological polar surface area (TPSA) is 137 Å².